The molecule has 0 atom stereocenters. The van der Waals surface area contributed by atoms with E-state index in [1.165, 1.54) is 11.1 Å². The molecule has 1 saturated heterocycles. The first-order valence-corrected chi connectivity index (χ1v) is 8.52. The molecule has 1 aromatic carbocycles. The topological polar surface area (TPSA) is 51.2 Å². The van der Waals surface area contributed by atoms with Crippen molar-refractivity contribution in [1.82, 2.24) is 10.3 Å². The number of hydrogen-bond donors (Lipinski definition) is 1. The second-order valence-electron chi connectivity index (χ2n) is 6.53. The van der Waals surface area contributed by atoms with E-state index in [1.54, 1.807) is 6.20 Å². The minimum atomic E-state index is -0.438. The molecule has 1 N–H and O–H groups in total. The van der Waals surface area contributed by atoms with Gasteiger partial charge in [0.2, 0.25) is 0 Å². The smallest absolute Gasteiger partial charge is 0.312 e. The van der Waals surface area contributed by atoms with Crippen LogP contribution in [0.3, 0.4) is 0 Å². The summed E-state index contributed by atoms with van der Waals surface area (Å²) in [5.41, 5.74) is 2.81. The van der Waals surface area contributed by atoms with E-state index in [0.717, 1.165) is 38.0 Å². The number of nitrogens with zero attached hydrogens (tertiary/aromatic N) is 1. The molecule has 0 saturated carbocycles. The molecule has 0 bridgehead atoms. The standard InChI is InChI=1S/C20H24N2O2/c1-16-6-2-3-7-17(16)14-20(9-12-21-13-10-20)19(23)24-15-18-8-4-5-11-22-18/h2-8,11,21H,9-10,12-15H2,1H3. The molecule has 2 aromatic rings. The maximum atomic E-state index is 12.9. The van der Waals surface area contributed by atoms with Crippen molar-refractivity contribution < 1.29 is 9.53 Å². The van der Waals surface area contributed by atoms with Gasteiger partial charge in [-0.25, -0.2) is 0 Å². The number of aromatic nitrogens is 1. The lowest BCUT2D eigenvalue weighted by Crippen LogP contribution is -2.44. The Morgan fingerprint density at radius 1 is 1.17 bits per heavy atom. The van der Waals surface area contributed by atoms with E-state index in [9.17, 15) is 4.79 Å². The zero-order chi connectivity index (χ0) is 16.8. The quantitative estimate of drug-likeness (QED) is 0.859. The second kappa shape index (κ2) is 7.58. The SMILES string of the molecule is Cc1ccccc1CC1(C(=O)OCc2ccccn2)CCNCC1. The fourth-order valence-electron chi connectivity index (χ4n) is 3.31. The zero-order valence-electron chi connectivity index (χ0n) is 14.1. The zero-order valence-corrected chi connectivity index (χ0v) is 14.1. The van der Waals surface area contributed by atoms with Crippen LogP contribution in [-0.2, 0) is 22.6 Å². The van der Waals surface area contributed by atoms with Gasteiger partial charge in [0.15, 0.2) is 0 Å². The molecule has 0 aliphatic carbocycles. The molecular weight excluding hydrogens is 300 g/mol. The Kier molecular flexibility index (Phi) is 5.26. The summed E-state index contributed by atoms with van der Waals surface area (Å²) in [6, 6.07) is 13.9. The van der Waals surface area contributed by atoms with Crippen molar-refractivity contribution in [2.45, 2.75) is 32.8 Å². The van der Waals surface area contributed by atoms with E-state index < -0.39 is 5.41 Å². The Bertz CT molecular complexity index is 679. The monoisotopic (exact) mass is 324 g/mol. The van der Waals surface area contributed by atoms with Gasteiger partial charge in [-0.15, -0.1) is 0 Å². The average Bonchev–Trinajstić information content (AvgIpc) is 2.63. The Balaban J connectivity index is 1.75. The molecule has 1 aliphatic rings. The largest absolute Gasteiger partial charge is 0.459 e. The summed E-state index contributed by atoms with van der Waals surface area (Å²) in [5, 5.41) is 3.35. The highest BCUT2D eigenvalue weighted by Crippen LogP contribution is 2.35. The number of benzene rings is 1. The van der Waals surface area contributed by atoms with Gasteiger partial charge in [0.25, 0.3) is 0 Å². The van der Waals surface area contributed by atoms with Gasteiger partial charge in [0, 0.05) is 6.20 Å². The van der Waals surface area contributed by atoms with Crippen LogP contribution >= 0.6 is 0 Å². The van der Waals surface area contributed by atoms with E-state index in [1.807, 2.05) is 30.3 Å². The highest BCUT2D eigenvalue weighted by molar-refractivity contribution is 5.77. The summed E-state index contributed by atoms with van der Waals surface area (Å²) >= 11 is 0. The first kappa shape index (κ1) is 16.7. The van der Waals surface area contributed by atoms with E-state index in [0.29, 0.717) is 0 Å². The molecule has 2 heterocycles. The van der Waals surface area contributed by atoms with Gasteiger partial charge >= 0.3 is 5.97 Å². The van der Waals surface area contributed by atoms with Crippen LogP contribution in [0.5, 0.6) is 0 Å². The number of aryl methyl sites for hydroxylation is 1. The minimum absolute atomic E-state index is 0.0992. The Morgan fingerprint density at radius 3 is 2.62 bits per heavy atom. The van der Waals surface area contributed by atoms with E-state index >= 15 is 0 Å². The summed E-state index contributed by atoms with van der Waals surface area (Å²) < 4.78 is 5.65. The molecule has 1 aromatic heterocycles. The van der Waals surface area contributed by atoms with Gasteiger partial charge in [0.05, 0.1) is 11.1 Å². The highest BCUT2D eigenvalue weighted by Gasteiger charge is 2.41. The molecule has 0 spiro atoms. The second-order valence-corrected chi connectivity index (χ2v) is 6.53. The van der Waals surface area contributed by atoms with Gasteiger partial charge in [0.1, 0.15) is 6.61 Å². The lowest BCUT2D eigenvalue weighted by Gasteiger charge is -2.35. The summed E-state index contributed by atoms with van der Waals surface area (Å²) in [4.78, 5) is 17.2. The van der Waals surface area contributed by atoms with Gasteiger partial charge in [-0.05, 0) is 62.5 Å². The molecule has 0 amide bonds. The number of ether oxygens (including phenoxy) is 1. The van der Waals surface area contributed by atoms with Gasteiger partial charge < -0.3 is 10.1 Å². The Hall–Kier alpha value is -2.20. The summed E-state index contributed by atoms with van der Waals surface area (Å²) in [6.45, 7) is 4.04. The average molecular weight is 324 g/mol. The normalized spacial score (nSPS) is 16.5. The summed E-state index contributed by atoms with van der Waals surface area (Å²) in [6.07, 6.45) is 4.07. The van der Waals surface area contributed by atoms with Crippen LogP contribution in [0.1, 0.15) is 29.7 Å². The lowest BCUT2D eigenvalue weighted by molar-refractivity contribution is -0.159. The number of nitrogens with one attached hydrogen (secondary N) is 1. The van der Waals surface area contributed by atoms with Crippen molar-refractivity contribution in [3.63, 3.8) is 0 Å². The molecule has 0 radical (unpaired) electrons. The summed E-state index contributed by atoms with van der Waals surface area (Å²) in [5.74, 6) is -0.0992. The Labute approximate surface area is 143 Å². The third-order valence-corrected chi connectivity index (χ3v) is 4.86. The van der Waals surface area contributed by atoms with E-state index in [4.69, 9.17) is 4.74 Å². The van der Waals surface area contributed by atoms with Crippen LogP contribution in [-0.4, -0.2) is 24.0 Å². The van der Waals surface area contributed by atoms with Gasteiger partial charge in [-0.1, -0.05) is 30.3 Å². The summed E-state index contributed by atoms with van der Waals surface area (Å²) in [7, 11) is 0. The number of esters is 1. The lowest BCUT2D eigenvalue weighted by atomic mass is 9.73. The highest BCUT2D eigenvalue weighted by atomic mass is 16.5. The van der Waals surface area contributed by atoms with Crippen molar-refractivity contribution in [3.8, 4) is 0 Å². The van der Waals surface area contributed by atoms with Crippen LogP contribution in [0.2, 0.25) is 0 Å². The molecule has 0 unspecified atom stereocenters. The molecule has 4 nitrogen and oxygen atoms in total. The van der Waals surface area contributed by atoms with Crippen LogP contribution in [0.4, 0.5) is 0 Å². The van der Waals surface area contributed by atoms with Crippen LogP contribution in [0, 0.1) is 12.3 Å². The van der Waals surface area contributed by atoms with Crippen molar-refractivity contribution in [3.05, 3.63) is 65.5 Å². The molecule has 1 aliphatic heterocycles. The molecule has 24 heavy (non-hydrogen) atoms. The van der Waals surface area contributed by atoms with E-state index in [-0.39, 0.29) is 12.6 Å². The van der Waals surface area contributed by atoms with Crippen LogP contribution < -0.4 is 5.32 Å². The molecule has 1 fully saturated rings. The third-order valence-electron chi connectivity index (χ3n) is 4.86. The predicted molar refractivity (Wildman–Crippen MR) is 93.5 cm³/mol. The molecular formula is C20H24N2O2. The number of rotatable bonds is 5. The minimum Gasteiger partial charge on any atom is -0.459 e. The van der Waals surface area contributed by atoms with Crippen LogP contribution in [0.15, 0.2) is 48.7 Å². The van der Waals surface area contributed by atoms with Crippen molar-refractivity contribution >= 4 is 5.97 Å². The first-order valence-electron chi connectivity index (χ1n) is 8.52. The number of carbonyl (C=O) groups excluding carboxylic acids is 1. The van der Waals surface area contributed by atoms with Crippen molar-refractivity contribution in [1.29, 1.82) is 0 Å². The van der Waals surface area contributed by atoms with Crippen LogP contribution in [0.25, 0.3) is 0 Å². The van der Waals surface area contributed by atoms with Gasteiger partial charge in [-0.3, -0.25) is 9.78 Å². The predicted octanol–water partition coefficient (Wildman–Crippen LogP) is 3.05. The molecule has 126 valence electrons. The number of piperidine rings is 1. The fourth-order valence-corrected chi connectivity index (χ4v) is 3.31. The van der Waals surface area contributed by atoms with Crippen molar-refractivity contribution in [2.75, 3.05) is 13.1 Å². The fraction of sp³-hybridized carbons (Fsp3) is 0.400. The Morgan fingerprint density at radius 2 is 1.92 bits per heavy atom. The van der Waals surface area contributed by atoms with Gasteiger partial charge in [-0.2, -0.15) is 0 Å². The van der Waals surface area contributed by atoms with Crippen molar-refractivity contribution in [2.24, 2.45) is 5.41 Å². The maximum absolute atomic E-state index is 12.9. The molecule has 3 rings (SSSR count). The first-order chi connectivity index (χ1) is 11.7. The number of pyridine rings is 1. The number of hydrogen-bond acceptors (Lipinski definition) is 4. The number of carbonyl (C=O) groups is 1. The third kappa shape index (κ3) is 3.82. The maximum Gasteiger partial charge on any atom is 0.312 e. The molecule has 4 heteroatoms. The van der Waals surface area contributed by atoms with E-state index in [2.05, 4.69) is 29.4 Å².